The molecule has 0 aromatic heterocycles. The summed E-state index contributed by atoms with van der Waals surface area (Å²) in [5, 5.41) is 41.7. The lowest BCUT2D eigenvalue weighted by molar-refractivity contribution is 0.102. The van der Waals surface area contributed by atoms with Crippen LogP contribution in [0.2, 0.25) is 0 Å². The van der Waals surface area contributed by atoms with E-state index < -0.39 is 0 Å². The van der Waals surface area contributed by atoms with Gasteiger partial charge in [-0.05, 0) is 35.4 Å². The average Bonchev–Trinajstić information content (AvgIpc) is 3.82. The minimum Gasteiger partial charge on any atom is -0.507 e. The Kier molecular flexibility index (Phi) is 5.96. The molecule has 0 bridgehead atoms. The van der Waals surface area contributed by atoms with E-state index in [1.54, 1.807) is 60.7 Å². The minimum absolute atomic E-state index is 0.0785. The third-order valence-corrected chi connectivity index (χ3v) is 6.84. The number of phenols is 4. The Labute approximate surface area is 213 Å². The van der Waals surface area contributed by atoms with Crippen LogP contribution in [0.25, 0.3) is 22.3 Å². The van der Waals surface area contributed by atoms with Crippen LogP contribution in [0, 0.1) is 0 Å². The highest BCUT2D eigenvalue weighted by atomic mass is 16.6. The lowest BCUT2D eigenvalue weighted by Crippen LogP contribution is -2.09. The zero-order chi connectivity index (χ0) is 25.5. The fourth-order valence-electron chi connectivity index (χ4n) is 4.93. The molecule has 2 heterocycles. The molecule has 0 saturated carbocycles. The molecule has 2 fully saturated rings. The van der Waals surface area contributed by atoms with Gasteiger partial charge in [0.05, 0.1) is 13.2 Å². The number of epoxide rings is 2. The van der Waals surface area contributed by atoms with Crippen molar-refractivity contribution in [2.45, 2.75) is 24.4 Å². The number of phenolic OH excluding ortho intramolecular Hbond substituents is 4. The Bertz CT molecular complexity index is 1340. The van der Waals surface area contributed by atoms with Crippen molar-refractivity contribution in [1.29, 1.82) is 0 Å². The first kappa shape index (κ1) is 23.4. The Morgan fingerprint density at radius 3 is 1.35 bits per heavy atom. The molecule has 4 aromatic rings. The molecule has 0 spiro atoms. The SMILES string of the molecule is Oc1ccccc1-c1c(O)cccc1C1OC1COCC1OC1c1cccc(O)c1-c1ccccc1O. The van der Waals surface area contributed by atoms with Crippen LogP contribution in [0.1, 0.15) is 23.3 Å². The molecular weight excluding hydrogens is 472 g/mol. The Hall–Kier alpha value is -4.04. The molecule has 0 radical (unpaired) electrons. The molecule has 4 aromatic carbocycles. The van der Waals surface area contributed by atoms with E-state index in [2.05, 4.69) is 0 Å². The fourth-order valence-corrected chi connectivity index (χ4v) is 4.93. The molecule has 4 unspecified atom stereocenters. The largest absolute Gasteiger partial charge is 0.507 e. The highest BCUT2D eigenvalue weighted by molar-refractivity contribution is 5.79. The maximum Gasteiger partial charge on any atom is 0.123 e. The molecule has 2 aliphatic heterocycles. The van der Waals surface area contributed by atoms with E-state index in [9.17, 15) is 20.4 Å². The minimum atomic E-state index is -0.253. The van der Waals surface area contributed by atoms with Crippen LogP contribution in [-0.2, 0) is 14.2 Å². The van der Waals surface area contributed by atoms with Gasteiger partial charge in [-0.1, -0.05) is 60.7 Å². The van der Waals surface area contributed by atoms with Crippen molar-refractivity contribution in [3.63, 3.8) is 0 Å². The van der Waals surface area contributed by atoms with Crippen molar-refractivity contribution >= 4 is 0 Å². The number of hydrogen-bond donors (Lipinski definition) is 4. The summed E-state index contributed by atoms with van der Waals surface area (Å²) < 4.78 is 17.6. The quantitative estimate of drug-likeness (QED) is 0.239. The zero-order valence-corrected chi connectivity index (χ0v) is 19.8. The Morgan fingerprint density at radius 2 is 0.919 bits per heavy atom. The van der Waals surface area contributed by atoms with E-state index >= 15 is 0 Å². The molecular formula is C30H26O7. The standard InChI is InChI=1S/C30H26O7/c31-21-11-3-1-7-17(21)27-19(9-5-13-23(27)33)29-25(36-29)15-35-16-26-30(37-26)20-10-6-14-24(34)28(20)18-8-2-4-12-22(18)32/h1-14,25-26,29-34H,15-16H2. The Balaban J connectivity index is 1.10. The summed E-state index contributed by atoms with van der Waals surface area (Å²) in [5.41, 5.74) is 3.79. The number of aromatic hydroxyl groups is 4. The normalized spacial score (nSPS) is 22.1. The van der Waals surface area contributed by atoms with E-state index in [-0.39, 0.29) is 47.4 Å². The summed E-state index contributed by atoms with van der Waals surface area (Å²) in [6.45, 7) is 0.693. The summed E-state index contributed by atoms with van der Waals surface area (Å²) in [7, 11) is 0. The number of benzene rings is 4. The van der Waals surface area contributed by atoms with Crippen molar-refractivity contribution in [2.75, 3.05) is 13.2 Å². The maximum absolute atomic E-state index is 10.5. The van der Waals surface area contributed by atoms with Gasteiger partial charge in [-0.25, -0.2) is 0 Å². The van der Waals surface area contributed by atoms with Crippen molar-refractivity contribution < 1.29 is 34.6 Å². The smallest absolute Gasteiger partial charge is 0.123 e. The lowest BCUT2D eigenvalue weighted by Gasteiger charge is -2.12. The third-order valence-electron chi connectivity index (χ3n) is 6.84. The fraction of sp³-hybridized carbons (Fsp3) is 0.200. The van der Waals surface area contributed by atoms with Gasteiger partial charge < -0.3 is 34.6 Å². The maximum atomic E-state index is 10.5. The van der Waals surface area contributed by atoms with Crippen molar-refractivity contribution in [1.82, 2.24) is 0 Å². The highest BCUT2D eigenvalue weighted by Crippen LogP contribution is 2.49. The molecule has 0 aliphatic carbocycles. The van der Waals surface area contributed by atoms with Crippen LogP contribution < -0.4 is 0 Å². The molecule has 2 saturated heterocycles. The van der Waals surface area contributed by atoms with Gasteiger partial charge in [-0.15, -0.1) is 0 Å². The molecule has 7 nitrogen and oxygen atoms in total. The zero-order valence-electron chi connectivity index (χ0n) is 19.8. The molecule has 37 heavy (non-hydrogen) atoms. The monoisotopic (exact) mass is 498 g/mol. The predicted octanol–water partition coefficient (Wildman–Crippen LogP) is 5.44. The second kappa shape index (κ2) is 9.44. The lowest BCUT2D eigenvalue weighted by atomic mass is 9.95. The average molecular weight is 499 g/mol. The second-order valence-corrected chi connectivity index (χ2v) is 9.24. The van der Waals surface area contributed by atoms with E-state index in [0.717, 1.165) is 11.1 Å². The Morgan fingerprint density at radius 1 is 0.514 bits per heavy atom. The van der Waals surface area contributed by atoms with Crippen LogP contribution in [0.15, 0.2) is 84.9 Å². The van der Waals surface area contributed by atoms with Crippen LogP contribution in [-0.4, -0.2) is 45.8 Å². The summed E-state index contributed by atoms with van der Waals surface area (Å²) in [6.07, 6.45) is -0.866. The van der Waals surface area contributed by atoms with Gasteiger partial charge in [0.25, 0.3) is 0 Å². The summed E-state index contributed by atoms with van der Waals surface area (Å²) in [4.78, 5) is 0. The summed E-state index contributed by atoms with van der Waals surface area (Å²) in [6, 6.07) is 24.2. The number of hydrogen-bond acceptors (Lipinski definition) is 7. The van der Waals surface area contributed by atoms with Gasteiger partial charge >= 0.3 is 0 Å². The van der Waals surface area contributed by atoms with Gasteiger partial charge in [0.15, 0.2) is 0 Å². The molecule has 4 N–H and O–H groups in total. The summed E-state index contributed by atoms with van der Waals surface area (Å²) in [5.74, 6) is 0.334. The summed E-state index contributed by atoms with van der Waals surface area (Å²) >= 11 is 0. The van der Waals surface area contributed by atoms with Gasteiger partial charge in [0.1, 0.15) is 47.4 Å². The van der Waals surface area contributed by atoms with Crippen molar-refractivity contribution in [3.05, 3.63) is 96.1 Å². The molecule has 188 valence electrons. The topological polar surface area (TPSA) is 115 Å². The van der Waals surface area contributed by atoms with Gasteiger partial charge in [0.2, 0.25) is 0 Å². The highest BCUT2D eigenvalue weighted by Gasteiger charge is 2.45. The number of para-hydroxylation sites is 2. The van der Waals surface area contributed by atoms with Gasteiger partial charge in [-0.3, -0.25) is 0 Å². The second-order valence-electron chi connectivity index (χ2n) is 9.24. The van der Waals surface area contributed by atoms with Gasteiger partial charge in [0, 0.05) is 22.3 Å². The molecule has 0 amide bonds. The van der Waals surface area contributed by atoms with Gasteiger partial charge in [-0.2, -0.15) is 0 Å². The first-order valence-corrected chi connectivity index (χ1v) is 12.1. The van der Waals surface area contributed by atoms with Crippen LogP contribution in [0.4, 0.5) is 0 Å². The van der Waals surface area contributed by atoms with Crippen molar-refractivity contribution in [3.8, 4) is 45.3 Å². The molecule has 6 rings (SSSR count). The van der Waals surface area contributed by atoms with Crippen LogP contribution >= 0.6 is 0 Å². The van der Waals surface area contributed by atoms with Crippen molar-refractivity contribution in [2.24, 2.45) is 0 Å². The van der Waals surface area contributed by atoms with E-state index in [1.165, 1.54) is 0 Å². The first-order chi connectivity index (χ1) is 18.0. The first-order valence-electron chi connectivity index (χ1n) is 12.1. The molecule has 4 atom stereocenters. The van der Waals surface area contributed by atoms with E-state index in [1.807, 2.05) is 24.3 Å². The third kappa shape index (κ3) is 4.49. The van der Waals surface area contributed by atoms with E-state index in [4.69, 9.17) is 14.2 Å². The van der Waals surface area contributed by atoms with E-state index in [0.29, 0.717) is 35.5 Å². The molecule has 7 heteroatoms. The molecule has 2 aliphatic rings. The van der Waals surface area contributed by atoms with Crippen LogP contribution in [0.5, 0.6) is 23.0 Å². The predicted molar refractivity (Wildman–Crippen MR) is 136 cm³/mol. The number of rotatable bonds is 8. The van der Waals surface area contributed by atoms with Crippen LogP contribution in [0.3, 0.4) is 0 Å². The number of ether oxygens (including phenoxy) is 3.